The molecule has 0 spiro atoms. The molecule has 4 rings (SSSR count). The lowest BCUT2D eigenvalue weighted by atomic mass is 10.0. The summed E-state index contributed by atoms with van der Waals surface area (Å²) >= 11 is 0. The van der Waals surface area contributed by atoms with Gasteiger partial charge in [-0.15, -0.1) is 0 Å². The fourth-order valence-corrected chi connectivity index (χ4v) is 3.26. The molecule has 1 heterocycles. The number of halogens is 1. The van der Waals surface area contributed by atoms with Crippen molar-refractivity contribution in [3.05, 3.63) is 101 Å². The summed E-state index contributed by atoms with van der Waals surface area (Å²) in [6.45, 7) is 0. The van der Waals surface area contributed by atoms with Crippen LogP contribution in [-0.4, -0.2) is 23.7 Å². The van der Waals surface area contributed by atoms with Crippen LogP contribution in [0.15, 0.2) is 83.9 Å². The zero-order valence-electron chi connectivity index (χ0n) is 15.9. The van der Waals surface area contributed by atoms with Crippen molar-refractivity contribution < 1.29 is 14.0 Å². The van der Waals surface area contributed by atoms with Gasteiger partial charge in [0, 0.05) is 11.1 Å². The monoisotopic (exact) mass is 402 g/mol. The molecule has 4 N–H and O–H groups in total. The Labute approximate surface area is 172 Å². The molecule has 0 fully saturated rings. The highest BCUT2D eigenvalue weighted by Crippen LogP contribution is 2.25. The van der Waals surface area contributed by atoms with Gasteiger partial charge in [0.25, 0.3) is 5.91 Å². The van der Waals surface area contributed by atoms with Gasteiger partial charge in [0.05, 0.1) is 11.4 Å². The molecule has 0 saturated heterocycles. The highest BCUT2D eigenvalue weighted by Gasteiger charge is 2.29. The largest absolute Gasteiger partial charge is 0.325 e. The molecule has 0 aliphatic carbocycles. The normalized spacial score (nSPS) is 16.5. The Morgan fingerprint density at radius 2 is 1.60 bits per heavy atom. The first kappa shape index (κ1) is 19.5. The summed E-state index contributed by atoms with van der Waals surface area (Å²) in [5, 5.41) is 5.32. The molecule has 1 aliphatic rings. The number of carbonyl (C=O) groups is 2. The molecule has 7 heteroatoms. The average Bonchev–Trinajstić information content (AvgIpc) is 2.90. The fraction of sp³-hybridized carbons (Fsp3) is 0.0870. The Kier molecular flexibility index (Phi) is 5.36. The second-order valence-corrected chi connectivity index (χ2v) is 6.79. The van der Waals surface area contributed by atoms with Crippen molar-refractivity contribution in [3.8, 4) is 0 Å². The Balaban J connectivity index is 1.72. The summed E-state index contributed by atoms with van der Waals surface area (Å²) in [5.74, 6) is -1.59. The summed E-state index contributed by atoms with van der Waals surface area (Å²) in [6, 6.07) is 20.9. The van der Waals surface area contributed by atoms with Crippen LogP contribution in [0.5, 0.6) is 0 Å². The highest BCUT2D eigenvalue weighted by atomic mass is 19.1. The van der Waals surface area contributed by atoms with Gasteiger partial charge in [-0.3, -0.25) is 9.59 Å². The Bertz CT molecular complexity index is 1130. The van der Waals surface area contributed by atoms with E-state index in [0.717, 1.165) is 0 Å². The summed E-state index contributed by atoms with van der Waals surface area (Å²) in [5.41, 5.74) is 8.17. The van der Waals surface area contributed by atoms with Gasteiger partial charge in [0.2, 0.25) is 12.1 Å². The van der Waals surface area contributed by atoms with Crippen molar-refractivity contribution in [3.63, 3.8) is 0 Å². The number of anilines is 1. The van der Waals surface area contributed by atoms with Crippen LogP contribution in [0.1, 0.15) is 22.7 Å². The number of benzodiazepines with no additional fused rings is 1. The number of nitrogens with two attached hydrogens (primary N) is 1. The van der Waals surface area contributed by atoms with E-state index in [4.69, 9.17) is 5.73 Å². The van der Waals surface area contributed by atoms with E-state index in [-0.39, 0.29) is 11.3 Å². The molecule has 150 valence electrons. The number of fused-ring (bicyclic) bond motifs is 1. The number of hydrogen-bond acceptors (Lipinski definition) is 4. The van der Waals surface area contributed by atoms with Crippen LogP contribution in [0.3, 0.4) is 0 Å². The van der Waals surface area contributed by atoms with Gasteiger partial charge >= 0.3 is 0 Å². The van der Waals surface area contributed by atoms with Crippen LogP contribution < -0.4 is 16.4 Å². The number of para-hydroxylation sites is 1. The Hall–Kier alpha value is -3.84. The van der Waals surface area contributed by atoms with Gasteiger partial charge in [0.15, 0.2) is 0 Å². The first-order valence-electron chi connectivity index (χ1n) is 9.38. The van der Waals surface area contributed by atoms with E-state index >= 15 is 0 Å². The van der Waals surface area contributed by atoms with Gasteiger partial charge in [-0.2, -0.15) is 0 Å². The SMILES string of the molecule is NC(C(=O)NC1N=C(c2ccccc2F)c2ccccc2NC1=O)c1ccccc1. The van der Waals surface area contributed by atoms with E-state index in [2.05, 4.69) is 15.6 Å². The summed E-state index contributed by atoms with van der Waals surface area (Å²) in [7, 11) is 0. The third kappa shape index (κ3) is 3.83. The Morgan fingerprint density at radius 3 is 2.33 bits per heavy atom. The smallest absolute Gasteiger partial charge is 0.269 e. The van der Waals surface area contributed by atoms with Crippen LogP contribution in [-0.2, 0) is 9.59 Å². The van der Waals surface area contributed by atoms with Crippen molar-refractivity contribution in [2.75, 3.05) is 5.32 Å². The maximum absolute atomic E-state index is 14.5. The third-order valence-corrected chi connectivity index (χ3v) is 4.80. The van der Waals surface area contributed by atoms with Gasteiger partial charge in [-0.05, 0) is 23.8 Å². The van der Waals surface area contributed by atoms with E-state index in [1.807, 2.05) is 6.07 Å². The maximum Gasteiger partial charge on any atom is 0.269 e. The maximum atomic E-state index is 14.5. The van der Waals surface area contributed by atoms with Crippen LogP contribution in [0.4, 0.5) is 10.1 Å². The average molecular weight is 402 g/mol. The zero-order valence-corrected chi connectivity index (χ0v) is 15.9. The van der Waals surface area contributed by atoms with E-state index in [1.165, 1.54) is 6.07 Å². The summed E-state index contributed by atoms with van der Waals surface area (Å²) in [6.07, 6.45) is -1.27. The van der Waals surface area contributed by atoms with Gasteiger partial charge in [-0.25, -0.2) is 9.38 Å². The molecule has 2 unspecified atom stereocenters. The van der Waals surface area contributed by atoms with Crippen molar-refractivity contribution in [2.45, 2.75) is 12.2 Å². The number of benzene rings is 3. The standard InChI is InChI=1S/C23H19FN4O2/c24-17-12-6-4-10-15(17)20-16-11-5-7-13-18(16)26-23(30)21(27-20)28-22(29)19(25)14-8-2-1-3-9-14/h1-13,19,21H,25H2,(H,26,30)(H,28,29). The molecular formula is C23H19FN4O2. The van der Waals surface area contributed by atoms with Crippen LogP contribution in [0.2, 0.25) is 0 Å². The molecule has 1 aliphatic heterocycles. The molecule has 0 radical (unpaired) electrons. The van der Waals surface area contributed by atoms with Crippen molar-refractivity contribution in [2.24, 2.45) is 10.7 Å². The van der Waals surface area contributed by atoms with E-state index in [0.29, 0.717) is 16.8 Å². The molecule has 2 atom stereocenters. The molecule has 30 heavy (non-hydrogen) atoms. The summed E-state index contributed by atoms with van der Waals surface area (Å²) < 4.78 is 14.5. The van der Waals surface area contributed by atoms with Gasteiger partial charge in [-0.1, -0.05) is 60.7 Å². The number of hydrogen-bond donors (Lipinski definition) is 3. The van der Waals surface area contributed by atoms with Gasteiger partial charge < -0.3 is 16.4 Å². The lowest BCUT2D eigenvalue weighted by molar-refractivity contribution is -0.127. The predicted molar refractivity (Wildman–Crippen MR) is 112 cm³/mol. The number of nitrogens with one attached hydrogen (secondary N) is 2. The Morgan fingerprint density at radius 1 is 0.967 bits per heavy atom. The van der Waals surface area contributed by atoms with Crippen LogP contribution in [0.25, 0.3) is 0 Å². The molecular weight excluding hydrogens is 383 g/mol. The lowest BCUT2D eigenvalue weighted by Gasteiger charge is -2.17. The van der Waals surface area contributed by atoms with Crippen molar-refractivity contribution in [1.82, 2.24) is 5.32 Å². The molecule has 0 aromatic heterocycles. The number of carbonyl (C=O) groups excluding carboxylic acids is 2. The third-order valence-electron chi connectivity index (χ3n) is 4.80. The minimum atomic E-state index is -1.27. The summed E-state index contributed by atoms with van der Waals surface area (Å²) in [4.78, 5) is 29.9. The minimum Gasteiger partial charge on any atom is -0.325 e. The number of rotatable bonds is 4. The number of amides is 2. The zero-order chi connectivity index (χ0) is 21.1. The predicted octanol–water partition coefficient (Wildman–Crippen LogP) is 2.76. The number of aliphatic imine (C=N–C) groups is 1. The molecule has 0 saturated carbocycles. The van der Waals surface area contributed by atoms with Crippen molar-refractivity contribution >= 4 is 23.2 Å². The first-order valence-corrected chi connectivity index (χ1v) is 9.38. The van der Waals surface area contributed by atoms with Crippen molar-refractivity contribution in [1.29, 1.82) is 0 Å². The number of nitrogens with zero attached hydrogens (tertiary/aromatic N) is 1. The second kappa shape index (κ2) is 8.26. The van der Waals surface area contributed by atoms with Crippen LogP contribution in [0, 0.1) is 5.82 Å². The lowest BCUT2D eigenvalue weighted by Crippen LogP contribution is -2.46. The molecule has 2 amide bonds. The second-order valence-electron chi connectivity index (χ2n) is 6.79. The van der Waals surface area contributed by atoms with Crippen LogP contribution >= 0.6 is 0 Å². The topological polar surface area (TPSA) is 96.6 Å². The minimum absolute atomic E-state index is 0.230. The first-order chi connectivity index (χ1) is 14.5. The molecule has 6 nitrogen and oxygen atoms in total. The highest BCUT2D eigenvalue weighted by molar-refractivity contribution is 6.20. The fourth-order valence-electron chi connectivity index (χ4n) is 3.26. The van der Waals surface area contributed by atoms with E-state index in [1.54, 1.807) is 66.7 Å². The van der Waals surface area contributed by atoms with E-state index < -0.39 is 29.8 Å². The quantitative estimate of drug-likeness (QED) is 0.626. The van der Waals surface area contributed by atoms with Gasteiger partial charge in [0.1, 0.15) is 11.9 Å². The molecule has 3 aromatic carbocycles. The molecule has 3 aromatic rings. The molecule has 0 bridgehead atoms. The van der Waals surface area contributed by atoms with E-state index in [9.17, 15) is 14.0 Å².